The van der Waals surface area contributed by atoms with Crippen molar-refractivity contribution in [2.24, 2.45) is 0 Å². The van der Waals surface area contributed by atoms with Gasteiger partial charge in [0.15, 0.2) is 0 Å². The number of aromatic nitrogens is 1. The fraction of sp³-hybridized carbons (Fsp3) is 0.100. The van der Waals surface area contributed by atoms with Crippen LogP contribution in [0.5, 0.6) is 0 Å². The van der Waals surface area contributed by atoms with Gasteiger partial charge in [-0.2, -0.15) is 0 Å². The van der Waals surface area contributed by atoms with Gasteiger partial charge >= 0.3 is 0 Å². The van der Waals surface area contributed by atoms with Gasteiger partial charge < -0.3 is 4.98 Å². The Kier molecular flexibility index (Phi) is 3.50. The van der Waals surface area contributed by atoms with Crippen LogP contribution in [0.3, 0.4) is 0 Å². The van der Waals surface area contributed by atoms with E-state index < -0.39 is 0 Å². The molecule has 1 aromatic heterocycles. The van der Waals surface area contributed by atoms with Crippen molar-refractivity contribution < 1.29 is 4.92 Å². The molecule has 0 aliphatic rings. The zero-order valence-corrected chi connectivity index (χ0v) is 13.0. The Morgan fingerprint density at radius 1 is 0.875 bits per heavy atom. The molecule has 0 unspecified atom stereocenters. The Morgan fingerprint density at radius 3 is 2.42 bits per heavy atom. The van der Waals surface area contributed by atoms with Crippen molar-refractivity contribution in [1.29, 1.82) is 0 Å². The summed E-state index contributed by atoms with van der Waals surface area (Å²) in [5.74, 6) is -0.290. The van der Waals surface area contributed by atoms with Crippen LogP contribution in [0.4, 0.5) is 0 Å². The Bertz CT molecular complexity index is 1030. The van der Waals surface area contributed by atoms with E-state index in [4.69, 9.17) is 0 Å². The van der Waals surface area contributed by atoms with Gasteiger partial charge in [-0.15, -0.1) is 0 Å². The van der Waals surface area contributed by atoms with Crippen LogP contribution in [0, 0.1) is 10.1 Å². The lowest BCUT2D eigenvalue weighted by molar-refractivity contribution is -0.481. The number of benzene rings is 3. The molecule has 0 bridgehead atoms. The van der Waals surface area contributed by atoms with E-state index in [1.165, 1.54) is 0 Å². The van der Waals surface area contributed by atoms with Crippen molar-refractivity contribution in [1.82, 2.24) is 4.98 Å². The second kappa shape index (κ2) is 5.81. The fourth-order valence-corrected chi connectivity index (χ4v) is 3.45. The topological polar surface area (TPSA) is 58.9 Å². The van der Waals surface area contributed by atoms with Gasteiger partial charge in [-0.1, -0.05) is 60.7 Å². The van der Waals surface area contributed by atoms with Gasteiger partial charge in [-0.05, 0) is 28.0 Å². The molecular weight excluding hydrogens is 300 g/mol. The highest BCUT2D eigenvalue weighted by Crippen LogP contribution is 2.34. The molecule has 1 N–H and O–H groups in total. The fourth-order valence-electron chi connectivity index (χ4n) is 3.45. The normalized spacial score (nSPS) is 12.5. The van der Waals surface area contributed by atoms with Gasteiger partial charge in [0, 0.05) is 22.0 Å². The lowest BCUT2D eigenvalue weighted by Crippen LogP contribution is -2.14. The molecule has 0 saturated heterocycles. The van der Waals surface area contributed by atoms with Crippen LogP contribution in [-0.4, -0.2) is 16.5 Å². The van der Waals surface area contributed by atoms with Crippen molar-refractivity contribution in [3.8, 4) is 0 Å². The maximum atomic E-state index is 11.3. The summed E-state index contributed by atoms with van der Waals surface area (Å²) in [5, 5.41) is 14.6. The predicted octanol–water partition coefficient (Wildman–Crippen LogP) is 4.73. The Morgan fingerprint density at radius 2 is 1.58 bits per heavy atom. The van der Waals surface area contributed by atoms with Crippen molar-refractivity contribution in [3.05, 3.63) is 94.2 Å². The Labute approximate surface area is 138 Å². The zero-order valence-electron chi connectivity index (χ0n) is 13.0. The van der Waals surface area contributed by atoms with E-state index in [1.807, 2.05) is 72.9 Å². The smallest absolute Gasteiger partial charge is 0.214 e. The molecule has 0 amide bonds. The molecule has 4 aromatic rings. The number of H-pyrrole nitrogens is 1. The number of nitro groups is 1. The van der Waals surface area contributed by atoms with Gasteiger partial charge in [0.1, 0.15) is 0 Å². The summed E-state index contributed by atoms with van der Waals surface area (Å²) in [6.07, 6.45) is 1.90. The Balaban J connectivity index is 1.95. The van der Waals surface area contributed by atoms with Crippen LogP contribution in [0.2, 0.25) is 0 Å². The molecule has 0 radical (unpaired) electrons. The second-order valence-corrected chi connectivity index (χ2v) is 5.93. The average Bonchev–Trinajstić information content (AvgIpc) is 3.03. The van der Waals surface area contributed by atoms with Gasteiger partial charge in [0.2, 0.25) is 6.54 Å². The van der Waals surface area contributed by atoms with Crippen LogP contribution < -0.4 is 0 Å². The predicted molar refractivity (Wildman–Crippen MR) is 96.0 cm³/mol. The van der Waals surface area contributed by atoms with E-state index in [1.54, 1.807) is 0 Å². The van der Waals surface area contributed by atoms with E-state index in [-0.39, 0.29) is 17.4 Å². The molecule has 0 fully saturated rings. The standard InChI is InChI=1S/C20H16N2O2/c23-22(24)13-19(18-12-21-20-11-4-3-9-17(18)20)16-10-5-7-14-6-1-2-8-15(14)16/h1-12,19,21H,13H2/t19-/m1/s1. The summed E-state index contributed by atoms with van der Waals surface area (Å²) in [6, 6.07) is 22.0. The first-order valence-corrected chi connectivity index (χ1v) is 7.89. The van der Waals surface area contributed by atoms with Crippen LogP contribution in [-0.2, 0) is 0 Å². The lowest BCUT2D eigenvalue weighted by atomic mass is 9.87. The zero-order chi connectivity index (χ0) is 16.5. The number of aromatic amines is 1. The lowest BCUT2D eigenvalue weighted by Gasteiger charge is -2.15. The molecule has 0 spiro atoms. The minimum atomic E-state index is -0.290. The number of hydrogen-bond donors (Lipinski definition) is 1. The maximum Gasteiger partial charge on any atom is 0.214 e. The SMILES string of the molecule is O=[N+]([O-])C[C@H](c1cccc2ccccc12)c1c[nH]c2ccccc12. The third kappa shape index (κ3) is 2.42. The summed E-state index contributed by atoms with van der Waals surface area (Å²) in [4.78, 5) is 14.4. The molecule has 4 heteroatoms. The quantitative estimate of drug-likeness (QED) is 0.437. The average molecular weight is 316 g/mol. The minimum absolute atomic E-state index is 0.129. The summed E-state index contributed by atoms with van der Waals surface area (Å²) >= 11 is 0. The number of hydrogen-bond acceptors (Lipinski definition) is 2. The monoisotopic (exact) mass is 316 g/mol. The first-order chi connectivity index (χ1) is 11.7. The van der Waals surface area contributed by atoms with E-state index in [2.05, 4.69) is 4.98 Å². The van der Waals surface area contributed by atoms with Gasteiger partial charge in [-0.3, -0.25) is 10.1 Å². The molecular formula is C20H16N2O2. The first-order valence-electron chi connectivity index (χ1n) is 7.89. The molecule has 1 heterocycles. The maximum absolute atomic E-state index is 11.3. The van der Waals surface area contributed by atoms with Crippen molar-refractivity contribution in [2.75, 3.05) is 6.54 Å². The second-order valence-electron chi connectivity index (χ2n) is 5.93. The van der Waals surface area contributed by atoms with E-state index in [9.17, 15) is 10.1 Å². The third-order valence-electron chi connectivity index (χ3n) is 4.53. The van der Waals surface area contributed by atoms with Gasteiger partial charge in [0.05, 0.1) is 5.92 Å². The van der Waals surface area contributed by atoms with Crippen LogP contribution in [0.25, 0.3) is 21.7 Å². The van der Waals surface area contributed by atoms with E-state index in [0.717, 1.165) is 32.8 Å². The number of fused-ring (bicyclic) bond motifs is 2. The first kappa shape index (κ1) is 14.5. The van der Waals surface area contributed by atoms with Crippen molar-refractivity contribution in [2.45, 2.75) is 5.92 Å². The summed E-state index contributed by atoms with van der Waals surface area (Å²) < 4.78 is 0. The van der Waals surface area contributed by atoms with Crippen LogP contribution in [0.15, 0.2) is 72.9 Å². The van der Waals surface area contributed by atoms with Crippen molar-refractivity contribution in [3.63, 3.8) is 0 Å². The van der Waals surface area contributed by atoms with Gasteiger partial charge in [-0.25, -0.2) is 0 Å². The minimum Gasteiger partial charge on any atom is -0.361 e. The third-order valence-corrected chi connectivity index (χ3v) is 4.53. The largest absolute Gasteiger partial charge is 0.361 e. The molecule has 0 saturated carbocycles. The van der Waals surface area contributed by atoms with Crippen LogP contribution >= 0.6 is 0 Å². The number of rotatable bonds is 4. The highest BCUT2D eigenvalue weighted by Gasteiger charge is 2.24. The summed E-state index contributed by atoms with van der Waals surface area (Å²) in [5.41, 5.74) is 2.97. The van der Waals surface area contributed by atoms with E-state index >= 15 is 0 Å². The molecule has 118 valence electrons. The number of nitrogens with one attached hydrogen (secondary N) is 1. The molecule has 0 aliphatic heterocycles. The Hall–Kier alpha value is -3.14. The van der Waals surface area contributed by atoms with Gasteiger partial charge in [0.25, 0.3) is 0 Å². The summed E-state index contributed by atoms with van der Waals surface area (Å²) in [7, 11) is 0. The number of para-hydroxylation sites is 1. The molecule has 1 atom stereocenters. The number of nitrogens with zero attached hydrogens (tertiary/aromatic N) is 1. The highest BCUT2D eigenvalue weighted by atomic mass is 16.6. The molecule has 4 rings (SSSR count). The molecule has 0 aliphatic carbocycles. The highest BCUT2D eigenvalue weighted by molar-refractivity contribution is 5.89. The summed E-state index contributed by atoms with van der Waals surface area (Å²) in [6.45, 7) is -0.129. The molecule has 3 aromatic carbocycles. The van der Waals surface area contributed by atoms with Crippen LogP contribution in [0.1, 0.15) is 17.0 Å². The van der Waals surface area contributed by atoms with Crippen molar-refractivity contribution >= 4 is 21.7 Å². The molecule has 24 heavy (non-hydrogen) atoms. The molecule has 4 nitrogen and oxygen atoms in total. The van der Waals surface area contributed by atoms with E-state index in [0.29, 0.717) is 0 Å².